The average Bonchev–Trinajstić information content (AvgIpc) is 3.18. The highest BCUT2D eigenvalue weighted by atomic mass is 35.5. The smallest absolute Gasteiger partial charge is 0.251 e. The topological polar surface area (TPSA) is 47.2 Å². The fourth-order valence-electron chi connectivity index (χ4n) is 3.95. The number of nitrogens with zero attached hydrogens (tertiary/aromatic N) is 3. The summed E-state index contributed by atoms with van der Waals surface area (Å²) in [5.41, 5.74) is 8.18. The van der Waals surface area contributed by atoms with Crippen LogP contribution in [0.25, 0.3) is 11.1 Å². The third-order valence-electron chi connectivity index (χ3n) is 5.51. The number of rotatable bonds is 4. The third kappa shape index (κ3) is 3.94. The Morgan fingerprint density at radius 2 is 1.84 bits per heavy atom. The summed E-state index contributed by atoms with van der Waals surface area (Å²) in [6, 6.07) is 21.6. The summed E-state index contributed by atoms with van der Waals surface area (Å²) in [4.78, 5) is 21.8. The molecule has 152 valence electrons. The molecule has 2 aromatic carbocycles. The standard InChI is InChI=1S/C26H20ClN3O/c1-17-11-21(7-9-28-17)26-24-13-19(5-6-22(24)15-29-26)20-8-10-30(25(31)14-20)16-18-3-2-4-23(27)12-18/h2-14H,15-16H2,1H3. The van der Waals surface area contributed by atoms with Crippen molar-refractivity contribution >= 4 is 17.3 Å². The van der Waals surface area contributed by atoms with Gasteiger partial charge in [0.25, 0.3) is 5.56 Å². The summed E-state index contributed by atoms with van der Waals surface area (Å²) >= 11 is 6.07. The van der Waals surface area contributed by atoms with Crippen LogP contribution in [-0.4, -0.2) is 15.3 Å². The predicted molar refractivity (Wildman–Crippen MR) is 125 cm³/mol. The van der Waals surface area contributed by atoms with Crippen LogP contribution < -0.4 is 5.56 Å². The van der Waals surface area contributed by atoms with E-state index in [0.29, 0.717) is 18.1 Å². The molecule has 0 N–H and O–H groups in total. The van der Waals surface area contributed by atoms with Crippen molar-refractivity contribution in [1.29, 1.82) is 0 Å². The summed E-state index contributed by atoms with van der Waals surface area (Å²) in [5, 5.41) is 0.669. The van der Waals surface area contributed by atoms with E-state index in [9.17, 15) is 4.79 Å². The molecular weight excluding hydrogens is 406 g/mol. The largest absolute Gasteiger partial charge is 0.311 e. The third-order valence-corrected chi connectivity index (χ3v) is 5.75. The highest BCUT2D eigenvalue weighted by Gasteiger charge is 2.18. The minimum absolute atomic E-state index is 0.0448. The molecule has 0 atom stereocenters. The summed E-state index contributed by atoms with van der Waals surface area (Å²) in [6.45, 7) is 3.14. The van der Waals surface area contributed by atoms with E-state index in [1.54, 1.807) is 10.6 Å². The van der Waals surface area contributed by atoms with Crippen molar-refractivity contribution in [2.45, 2.75) is 20.0 Å². The number of fused-ring (bicyclic) bond motifs is 1. The number of aryl methyl sites for hydroxylation is 1. The lowest BCUT2D eigenvalue weighted by Gasteiger charge is -2.10. The maximum atomic E-state index is 12.8. The van der Waals surface area contributed by atoms with E-state index in [-0.39, 0.29) is 5.56 Å². The first-order chi connectivity index (χ1) is 15.1. The van der Waals surface area contributed by atoms with E-state index >= 15 is 0 Å². The molecule has 0 bridgehead atoms. The Morgan fingerprint density at radius 3 is 2.65 bits per heavy atom. The summed E-state index contributed by atoms with van der Waals surface area (Å²) in [7, 11) is 0. The van der Waals surface area contributed by atoms with Crippen molar-refractivity contribution in [2.24, 2.45) is 4.99 Å². The van der Waals surface area contributed by atoms with Crippen LogP contribution in [0.2, 0.25) is 5.02 Å². The number of aromatic nitrogens is 2. The Hall–Kier alpha value is -3.50. The molecule has 1 aliphatic heterocycles. The molecule has 31 heavy (non-hydrogen) atoms. The predicted octanol–water partition coefficient (Wildman–Crippen LogP) is 5.27. The first kappa shape index (κ1) is 19.5. The second-order valence-electron chi connectivity index (χ2n) is 7.73. The molecular formula is C26H20ClN3O. The fraction of sp³-hybridized carbons (Fsp3) is 0.115. The molecule has 5 heteroatoms. The van der Waals surface area contributed by atoms with Gasteiger partial charge in [0.2, 0.25) is 0 Å². The van der Waals surface area contributed by atoms with Crippen LogP contribution in [0.15, 0.2) is 88.9 Å². The highest BCUT2D eigenvalue weighted by molar-refractivity contribution is 6.30. The molecule has 0 unspecified atom stereocenters. The Kier molecular flexibility index (Phi) is 5.00. The van der Waals surface area contributed by atoms with Crippen LogP contribution in [0.4, 0.5) is 0 Å². The van der Waals surface area contributed by atoms with Crippen LogP contribution >= 0.6 is 11.6 Å². The maximum Gasteiger partial charge on any atom is 0.251 e. The Balaban J connectivity index is 1.47. The minimum atomic E-state index is -0.0448. The maximum absolute atomic E-state index is 12.8. The zero-order valence-electron chi connectivity index (χ0n) is 17.0. The van der Waals surface area contributed by atoms with Gasteiger partial charge in [0.15, 0.2) is 0 Å². The van der Waals surface area contributed by atoms with Gasteiger partial charge in [-0.05, 0) is 65.6 Å². The number of hydrogen-bond donors (Lipinski definition) is 0. The second-order valence-corrected chi connectivity index (χ2v) is 8.17. The molecule has 2 aromatic heterocycles. The number of aliphatic imine (C=N–C) groups is 1. The molecule has 0 radical (unpaired) electrons. The Bertz CT molecular complexity index is 1390. The lowest BCUT2D eigenvalue weighted by Crippen LogP contribution is -2.19. The number of pyridine rings is 2. The lowest BCUT2D eigenvalue weighted by atomic mass is 9.96. The SMILES string of the molecule is Cc1cc(C2=NCc3ccc(-c4ccn(Cc5cccc(Cl)c5)c(=O)c4)cc32)ccn1. The minimum Gasteiger partial charge on any atom is -0.311 e. The van der Waals surface area contributed by atoms with Crippen LogP contribution in [0.3, 0.4) is 0 Å². The molecule has 4 aromatic rings. The van der Waals surface area contributed by atoms with Crippen LogP contribution in [0, 0.1) is 6.92 Å². The van der Waals surface area contributed by atoms with Gasteiger partial charge in [-0.1, -0.05) is 35.9 Å². The first-order valence-corrected chi connectivity index (χ1v) is 10.5. The van der Waals surface area contributed by atoms with Gasteiger partial charge in [0.1, 0.15) is 0 Å². The normalized spacial score (nSPS) is 12.5. The second kappa shape index (κ2) is 7.97. The molecule has 1 aliphatic rings. The van der Waals surface area contributed by atoms with Gasteiger partial charge < -0.3 is 4.57 Å². The number of benzene rings is 2. The molecule has 0 amide bonds. The molecule has 5 rings (SSSR count). The molecule has 4 nitrogen and oxygen atoms in total. The lowest BCUT2D eigenvalue weighted by molar-refractivity contribution is 0.760. The molecule has 0 fully saturated rings. The van der Waals surface area contributed by atoms with E-state index in [1.165, 1.54) is 5.56 Å². The quantitative estimate of drug-likeness (QED) is 0.447. The van der Waals surface area contributed by atoms with Crippen molar-refractivity contribution in [1.82, 2.24) is 9.55 Å². The first-order valence-electron chi connectivity index (χ1n) is 10.1. The Morgan fingerprint density at radius 1 is 0.968 bits per heavy atom. The monoisotopic (exact) mass is 425 g/mol. The molecule has 0 saturated carbocycles. The zero-order valence-corrected chi connectivity index (χ0v) is 17.8. The van der Waals surface area contributed by atoms with E-state index < -0.39 is 0 Å². The van der Waals surface area contributed by atoms with E-state index in [1.807, 2.05) is 55.7 Å². The van der Waals surface area contributed by atoms with Crippen molar-refractivity contribution in [3.63, 3.8) is 0 Å². The van der Waals surface area contributed by atoms with Crippen molar-refractivity contribution in [2.75, 3.05) is 0 Å². The summed E-state index contributed by atoms with van der Waals surface area (Å²) in [6.07, 6.45) is 3.65. The molecule has 0 spiro atoms. The van der Waals surface area contributed by atoms with Crippen LogP contribution in [0.5, 0.6) is 0 Å². The zero-order chi connectivity index (χ0) is 21.4. The van der Waals surface area contributed by atoms with Crippen molar-refractivity contribution in [3.8, 4) is 11.1 Å². The summed E-state index contributed by atoms with van der Waals surface area (Å²) in [5.74, 6) is 0. The Labute approximate surface area is 185 Å². The van der Waals surface area contributed by atoms with Gasteiger partial charge in [0, 0.05) is 40.3 Å². The molecule has 0 aliphatic carbocycles. The van der Waals surface area contributed by atoms with Crippen molar-refractivity contribution in [3.05, 3.63) is 122 Å². The highest BCUT2D eigenvalue weighted by Crippen LogP contribution is 2.28. The van der Waals surface area contributed by atoms with E-state index in [4.69, 9.17) is 16.6 Å². The number of halogens is 1. The van der Waals surface area contributed by atoms with Gasteiger partial charge in [-0.15, -0.1) is 0 Å². The van der Waals surface area contributed by atoms with Crippen LogP contribution in [-0.2, 0) is 13.1 Å². The fourth-order valence-corrected chi connectivity index (χ4v) is 4.17. The van der Waals surface area contributed by atoms with Gasteiger partial charge in [-0.3, -0.25) is 14.8 Å². The summed E-state index contributed by atoms with van der Waals surface area (Å²) < 4.78 is 1.69. The van der Waals surface area contributed by atoms with Gasteiger partial charge in [0.05, 0.1) is 18.8 Å². The molecule has 3 heterocycles. The van der Waals surface area contributed by atoms with Gasteiger partial charge >= 0.3 is 0 Å². The number of hydrogen-bond acceptors (Lipinski definition) is 3. The van der Waals surface area contributed by atoms with Crippen molar-refractivity contribution < 1.29 is 0 Å². The van der Waals surface area contributed by atoms with Gasteiger partial charge in [-0.25, -0.2) is 0 Å². The van der Waals surface area contributed by atoms with E-state index in [2.05, 4.69) is 29.2 Å². The average molecular weight is 426 g/mol. The van der Waals surface area contributed by atoms with Gasteiger partial charge in [-0.2, -0.15) is 0 Å². The molecule has 0 saturated heterocycles. The van der Waals surface area contributed by atoms with E-state index in [0.717, 1.165) is 39.2 Å². The van der Waals surface area contributed by atoms with Crippen LogP contribution in [0.1, 0.15) is 27.9 Å².